The third-order valence-electron chi connectivity index (χ3n) is 3.65. The molecule has 0 aliphatic heterocycles. The number of aromatic nitrogens is 1. The lowest BCUT2D eigenvalue weighted by Crippen LogP contribution is -2.13. The van der Waals surface area contributed by atoms with Crippen molar-refractivity contribution in [3.8, 4) is 11.3 Å². The van der Waals surface area contributed by atoms with Crippen molar-refractivity contribution < 1.29 is 9.18 Å². The van der Waals surface area contributed by atoms with Gasteiger partial charge in [-0.05, 0) is 43.2 Å². The average Bonchev–Trinajstić information content (AvgIpc) is 2.99. The van der Waals surface area contributed by atoms with Gasteiger partial charge in [-0.3, -0.25) is 10.1 Å². The molecule has 0 radical (unpaired) electrons. The average molecular weight is 326 g/mol. The first kappa shape index (κ1) is 15.4. The second-order valence-corrected chi connectivity index (χ2v) is 6.13. The van der Waals surface area contributed by atoms with Gasteiger partial charge in [0.05, 0.1) is 11.3 Å². The molecular formula is C18H15FN2OS. The van der Waals surface area contributed by atoms with E-state index in [9.17, 15) is 9.18 Å². The summed E-state index contributed by atoms with van der Waals surface area (Å²) in [6, 6.07) is 12.0. The van der Waals surface area contributed by atoms with Crippen LogP contribution < -0.4 is 5.32 Å². The maximum absolute atomic E-state index is 13.6. The molecule has 1 aromatic heterocycles. The van der Waals surface area contributed by atoms with Gasteiger partial charge >= 0.3 is 0 Å². The van der Waals surface area contributed by atoms with Crippen LogP contribution in [0.3, 0.4) is 0 Å². The number of nitrogens with one attached hydrogen (secondary N) is 1. The summed E-state index contributed by atoms with van der Waals surface area (Å²) in [6.45, 7) is 4.10. The number of nitrogens with zero attached hydrogens (tertiary/aromatic N) is 1. The summed E-state index contributed by atoms with van der Waals surface area (Å²) in [4.78, 5) is 16.5. The number of amides is 1. The number of rotatable bonds is 3. The Morgan fingerprint density at radius 3 is 2.65 bits per heavy atom. The number of anilines is 1. The van der Waals surface area contributed by atoms with E-state index in [-0.39, 0.29) is 5.56 Å². The molecule has 116 valence electrons. The minimum Gasteiger partial charge on any atom is -0.298 e. The highest BCUT2D eigenvalue weighted by atomic mass is 32.1. The standard InChI is InChI=1S/C18H15FN2OS/c1-11-7-8-13(9-12(11)2)16-10-23-18(20-16)21-17(22)14-5-3-4-6-15(14)19/h3-10H,1-2H3,(H,20,21,22). The normalized spacial score (nSPS) is 10.6. The minimum atomic E-state index is -0.545. The van der Waals surface area contributed by atoms with Gasteiger partial charge in [-0.15, -0.1) is 11.3 Å². The molecule has 3 rings (SSSR count). The van der Waals surface area contributed by atoms with Crippen LogP contribution in [0.4, 0.5) is 9.52 Å². The Morgan fingerprint density at radius 2 is 1.91 bits per heavy atom. The lowest BCUT2D eigenvalue weighted by Gasteiger charge is -2.03. The zero-order valence-corrected chi connectivity index (χ0v) is 13.6. The quantitative estimate of drug-likeness (QED) is 0.750. The predicted octanol–water partition coefficient (Wildman–Crippen LogP) is 4.82. The van der Waals surface area contributed by atoms with E-state index >= 15 is 0 Å². The smallest absolute Gasteiger partial charge is 0.260 e. The highest BCUT2D eigenvalue weighted by molar-refractivity contribution is 7.14. The summed E-state index contributed by atoms with van der Waals surface area (Å²) >= 11 is 1.32. The van der Waals surface area contributed by atoms with Crippen LogP contribution in [0.2, 0.25) is 0 Å². The van der Waals surface area contributed by atoms with Gasteiger partial charge in [-0.2, -0.15) is 0 Å². The van der Waals surface area contributed by atoms with Crippen molar-refractivity contribution in [1.82, 2.24) is 4.98 Å². The summed E-state index contributed by atoms with van der Waals surface area (Å²) in [5.41, 5.74) is 4.21. The van der Waals surface area contributed by atoms with Crippen molar-refractivity contribution in [1.29, 1.82) is 0 Å². The highest BCUT2D eigenvalue weighted by Gasteiger charge is 2.13. The molecule has 0 aliphatic carbocycles. The highest BCUT2D eigenvalue weighted by Crippen LogP contribution is 2.26. The van der Waals surface area contributed by atoms with Crippen molar-refractivity contribution >= 4 is 22.4 Å². The van der Waals surface area contributed by atoms with Gasteiger partial charge < -0.3 is 0 Å². The van der Waals surface area contributed by atoms with Crippen LogP contribution in [0.15, 0.2) is 47.8 Å². The first-order valence-electron chi connectivity index (χ1n) is 7.13. The number of benzene rings is 2. The molecule has 23 heavy (non-hydrogen) atoms. The third-order valence-corrected chi connectivity index (χ3v) is 4.40. The zero-order chi connectivity index (χ0) is 16.4. The van der Waals surface area contributed by atoms with E-state index in [1.807, 2.05) is 24.4 Å². The molecule has 0 bridgehead atoms. The number of hydrogen-bond acceptors (Lipinski definition) is 3. The van der Waals surface area contributed by atoms with Gasteiger partial charge in [-0.1, -0.05) is 24.3 Å². The van der Waals surface area contributed by atoms with Gasteiger partial charge in [0, 0.05) is 10.9 Å². The molecule has 0 fully saturated rings. The van der Waals surface area contributed by atoms with E-state index in [2.05, 4.69) is 23.3 Å². The fourth-order valence-electron chi connectivity index (χ4n) is 2.17. The Balaban J connectivity index is 1.81. The van der Waals surface area contributed by atoms with Crippen LogP contribution in [0.25, 0.3) is 11.3 Å². The fraction of sp³-hybridized carbons (Fsp3) is 0.111. The third kappa shape index (κ3) is 3.29. The summed E-state index contributed by atoms with van der Waals surface area (Å²) in [5, 5.41) is 4.97. The van der Waals surface area contributed by atoms with E-state index in [1.54, 1.807) is 12.1 Å². The molecule has 1 N–H and O–H groups in total. The molecule has 3 aromatic rings. The molecule has 0 aliphatic rings. The van der Waals surface area contributed by atoms with Crippen molar-refractivity contribution in [2.45, 2.75) is 13.8 Å². The first-order valence-corrected chi connectivity index (χ1v) is 8.01. The van der Waals surface area contributed by atoms with Crippen molar-refractivity contribution in [3.05, 3.63) is 70.4 Å². The Morgan fingerprint density at radius 1 is 1.13 bits per heavy atom. The summed E-state index contributed by atoms with van der Waals surface area (Å²) in [5.74, 6) is -1.04. The minimum absolute atomic E-state index is 0.00966. The van der Waals surface area contributed by atoms with Gasteiger partial charge in [0.25, 0.3) is 5.91 Å². The number of aryl methyl sites for hydroxylation is 2. The van der Waals surface area contributed by atoms with E-state index in [1.165, 1.54) is 34.6 Å². The van der Waals surface area contributed by atoms with Gasteiger partial charge in [-0.25, -0.2) is 9.37 Å². The Bertz CT molecular complexity index is 873. The molecule has 0 saturated heterocycles. The fourth-order valence-corrected chi connectivity index (χ4v) is 2.89. The molecule has 0 unspecified atom stereocenters. The molecule has 0 saturated carbocycles. The molecule has 1 heterocycles. The Labute approximate surface area is 137 Å². The SMILES string of the molecule is Cc1ccc(-c2csc(NC(=O)c3ccccc3F)n2)cc1C. The van der Waals surface area contributed by atoms with Crippen LogP contribution in [0, 0.1) is 19.7 Å². The van der Waals surface area contributed by atoms with E-state index in [0.717, 1.165) is 11.3 Å². The Hall–Kier alpha value is -2.53. The number of hydrogen-bond donors (Lipinski definition) is 1. The molecule has 5 heteroatoms. The molecular weight excluding hydrogens is 311 g/mol. The zero-order valence-electron chi connectivity index (χ0n) is 12.8. The molecule has 0 spiro atoms. The molecule has 1 amide bonds. The molecule has 0 atom stereocenters. The lowest BCUT2D eigenvalue weighted by atomic mass is 10.1. The van der Waals surface area contributed by atoms with E-state index < -0.39 is 11.7 Å². The maximum atomic E-state index is 13.6. The Kier molecular flexibility index (Phi) is 4.21. The number of carbonyl (C=O) groups excluding carboxylic acids is 1. The van der Waals surface area contributed by atoms with Crippen molar-refractivity contribution in [2.24, 2.45) is 0 Å². The maximum Gasteiger partial charge on any atom is 0.260 e. The summed E-state index contributed by atoms with van der Waals surface area (Å²) in [7, 11) is 0. The van der Waals surface area contributed by atoms with Crippen molar-refractivity contribution in [3.63, 3.8) is 0 Å². The van der Waals surface area contributed by atoms with E-state index in [0.29, 0.717) is 5.13 Å². The van der Waals surface area contributed by atoms with Crippen LogP contribution >= 0.6 is 11.3 Å². The van der Waals surface area contributed by atoms with Crippen LogP contribution in [-0.4, -0.2) is 10.9 Å². The van der Waals surface area contributed by atoms with Crippen LogP contribution in [-0.2, 0) is 0 Å². The van der Waals surface area contributed by atoms with Gasteiger partial charge in [0.1, 0.15) is 5.82 Å². The largest absolute Gasteiger partial charge is 0.298 e. The van der Waals surface area contributed by atoms with Gasteiger partial charge in [0.15, 0.2) is 5.13 Å². The summed E-state index contributed by atoms with van der Waals surface area (Å²) < 4.78 is 13.6. The topological polar surface area (TPSA) is 42.0 Å². The second kappa shape index (κ2) is 6.30. The predicted molar refractivity (Wildman–Crippen MR) is 91.4 cm³/mol. The van der Waals surface area contributed by atoms with Gasteiger partial charge in [0.2, 0.25) is 0 Å². The lowest BCUT2D eigenvalue weighted by molar-refractivity contribution is 0.102. The molecule has 2 aromatic carbocycles. The molecule has 3 nitrogen and oxygen atoms in total. The number of halogens is 1. The summed E-state index contributed by atoms with van der Waals surface area (Å²) in [6.07, 6.45) is 0. The number of thiazole rings is 1. The van der Waals surface area contributed by atoms with Crippen LogP contribution in [0.1, 0.15) is 21.5 Å². The first-order chi connectivity index (χ1) is 11.0. The van der Waals surface area contributed by atoms with Crippen LogP contribution in [0.5, 0.6) is 0 Å². The number of carbonyl (C=O) groups is 1. The monoisotopic (exact) mass is 326 g/mol. The second-order valence-electron chi connectivity index (χ2n) is 5.27. The van der Waals surface area contributed by atoms with Crippen molar-refractivity contribution in [2.75, 3.05) is 5.32 Å². The van der Waals surface area contributed by atoms with E-state index in [4.69, 9.17) is 0 Å².